The zero-order chi connectivity index (χ0) is 14.0. The van der Waals surface area contributed by atoms with Crippen molar-refractivity contribution in [2.75, 3.05) is 14.2 Å². The van der Waals surface area contributed by atoms with E-state index in [1.165, 1.54) is 38.5 Å². The van der Waals surface area contributed by atoms with Crippen LogP contribution in [0.3, 0.4) is 0 Å². The number of rotatable bonds is 2. The Morgan fingerprint density at radius 3 is 2.42 bits per heavy atom. The normalized spacial score (nSPS) is 10.2. The average molecular weight is 261 g/mol. The maximum absolute atomic E-state index is 11.7. The van der Waals surface area contributed by atoms with Gasteiger partial charge in [0, 0.05) is 5.39 Å². The lowest BCUT2D eigenvalue weighted by Gasteiger charge is -2.07. The Kier molecular flexibility index (Phi) is 3.33. The molecule has 0 aliphatic heterocycles. The van der Waals surface area contributed by atoms with E-state index in [0.29, 0.717) is 10.9 Å². The summed E-state index contributed by atoms with van der Waals surface area (Å²) in [5, 5.41) is 9.86. The van der Waals surface area contributed by atoms with Gasteiger partial charge in [0.1, 0.15) is 11.4 Å². The molecule has 98 valence electrons. The summed E-state index contributed by atoms with van der Waals surface area (Å²) in [5.74, 6) is -1.28. The fraction of sp³-hybridized carbons (Fsp3) is 0.154. The molecule has 0 spiro atoms. The van der Waals surface area contributed by atoms with Crippen LogP contribution in [0.2, 0.25) is 0 Å². The number of nitrogens with zero attached hydrogens (tertiary/aromatic N) is 1. The summed E-state index contributed by atoms with van der Waals surface area (Å²) in [7, 11) is 2.46. The highest BCUT2D eigenvalue weighted by Gasteiger charge is 2.17. The van der Waals surface area contributed by atoms with E-state index in [4.69, 9.17) is 0 Å². The number of carbonyl (C=O) groups excluding carboxylic acids is 2. The first-order valence-electron chi connectivity index (χ1n) is 5.37. The topological polar surface area (TPSA) is 85.7 Å². The first-order chi connectivity index (χ1) is 9.06. The molecule has 0 aliphatic carbocycles. The Morgan fingerprint density at radius 1 is 1.11 bits per heavy atom. The number of pyridine rings is 1. The fourth-order valence-electron chi connectivity index (χ4n) is 1.70. The van der Waals surface area contributed by atoms with Gasteiger partial charge in [-0.1, -0.05) is 0 Å². The van der Waals surface area contributed by atoms with E-state index in [9.17, 15) is 14.7 Å². The van der Waals surface area contributed by atoms with Gasteiger partial charge in [-0.2, -0.15) is 0 Å². The Balaban J connectivity index is 2.76. The lowest BCUT2D eigenvalue weighted by molar-refractivity contribution is 0.0594. The van der Waals surface area contributed by atoms with Gasteiger partial charge in [0.15, 0.2) is 0 Å². The maximum Gasteiger partial charge on any atom is 0.356 e. The molecule has 0 aliphatic rings. The summed E-state index contributed by atoms with van der Waals surface area (Å²) >= 11 is 0. The van der Waals surface area contributed by atoms with Crippen LogP contribution in [-0.2, 0) is 9.47 Å². The number of ether oxygens (including phenoxy) is 2. The maximum atomic E-state index is 11.7. The summed E-state index contributed by atoms with van der Waals surface area (Å²) in [6.07, 6.45) is 0. The fourth-order valence-corrected chi connectivity index (χ4v) is 1.70. The zero-order valence-corrected chi connectivity index (χ0v) is 10.3. The van der Waals surface area contributed by atoms with Crippen molar-refractivity contribution in [2.45, 2.75) is 0 Å². The van der Waals surface area contributed by atoms with Crippen LogP contribution in [0.5, 0.6) is 5.75 Å². The van der Waals surface area contributed by atoms with E-state index in [-0.39, 0.29) is 17.0 Å². The van der Waals surface area contributed by atoms with Crippen LogP contribution in [0.25, 0.3) is 10.9 Å². The van der Waals surface area contributed by atoms with Crippen LogP contribution >= 0.6 is 0 Å². The van der Waals surface area contributed by atoms with Crippen LogP contribution in [0.4, 0.5) is 0 Å². The number of aromatic hydroxyl groups is 1. The van der Waals surface area contributed by atoms with Gasteiger partial charge in [-0.05, 0) is 24.3 Å². The molecule has 0 fully saturated rings. The molecule has 2 rings (SSSR count). The molecule has 6 heteroatoms. The van der Waals surface area contributed by atoms with E-state index < -0.39 is 11.9 Å². The quantitative estimate of drug-likeness (QED) is 0.825. The van der Waals surface area contributed by atoms with Gasteiger partial charge in [-0.3, -0.25) is 0 Å². The van der Waals surface area contributed by atoms with Crippen LogP contribution in [-0.4, -0.2) is 36.2 Å². The molecule has 1 aromatic heterocycles. The Morgan fingerprint density at radius 2 is 1.79 bits per heavy atom. The molecule has 1 N–H and O–H groups in total. The minimum absolute atomic E-state index is 0.00101. The predicted molar refractivity (Wildman–Crippen MR) is 66.1 cm³/mol. The summed E-state index contributed by atoms with van der Waals surface area (Å²) < 4.78 is 9.23. The lowest BCUT2D eigenvalue weighted by atomic mass is 10.1. The molecule has 0 radical (unpaired) electrons. The first-order valence-corrected chi connectivity index (χ1v) is 5.37. The van der Waals surface area contributed by atoms with Gasteiger partial charge in [0.25, 0.3) is 0 Å². The van der Waals surface area contributed by atoms with Gasteiger partial charge < -0.3 is 14.6 Å². The van der Waals surface area contributed by atoms with Crippen LogP contribution in [0.15, 0.2) is 24.3 Å². The summed E-state index contributed by atoms with van der Waals surface area (Å²) in [6, 6.07) is 5.58. The van der Waals surface area contributed by atoms with Gasteiger partial charge in [-0.25, -0.2) is 14.6 Å². The summed E-state index contributed by atoms with van der Waals surface area (Å²) in [5.41, 5.74) is 0.533. The Hall–Kier alpha value is -2.63. The van der Waals surface area contributed by atoms with Crippen molar-refractivity contribution in [2.24, 2.45) is 0 Å². The molecule has 6 nitrogen and oxygen atoms in total. The molecular formula is C13H11NO5. The van der Waals surface area contributed by atoms with Gasteiger partial charge in [0.05, 0.1) is 25.3 Å². The summed E-state index contributed by atoms with van der Waals surface area (Å²) in [4.78, 5) is 27.3. The second-order valence-electron chi connectivity index (χ2n) is 3.74. The second kappa shape index (κ2) is 4.93. The molecule has 1 heterocycles. The number of benzene rings is 1. The second-order valence-corrected chi connectivity index (χ2v) is 3.74. The van der Waals surface area contributed by atoms with E-state index in [1.807, 2.05) is 0 Å². The molecule has 19 heavy (non-hydrogen) atoms. The number of methoxy groups -OCH3 is 2. The smallest absolute Gasteiger partial charge is 0.356 e. The highest BCUT2D eigenvalue weighted by Crippen LogP contribution is 2.24. The number of fused-ring (bicyclic) bond motifs is 1. The van der Waals surface area contributed by atoms with Crippen molar-refractivity contribution in [1.29, 1.82) is 0 Å². The van der Waals surface area contributed by atoms with E-state index >= 15 is 0 Å². The molecule has 0 unspecified atom stereocenters. The highest BCUT2D eigenvalue weighted by molar-refractivity contribution is 6.06. The van der Waals surface area contributed by atoms with Crippen LogP contribution in [0, 0.1) is 0 Å². The number of aromatic nitrogens is 1. The average Bonchev–Trinajstić information content (AvgIpc) is 2.44. The van der Waals surface area contributed by atoms with E-state index in [2.05, 4.69) is 14.5 Å². The summed E-state index contributed by atoms with van der Waals surface area (Å²) in [6.45, 7) is 0. The number of esters is 2. The standard InChI is InChI=1S/C13H11NO5/c1-18-12(16)9-6-11(13(17)19-2)14-10-4-3-7(15)5-8(9)10/h3-6,15H,1-2H3. The van der Waals surface area contributed by atoms with Crippen LogP contribution < -0.4 is 0 Å². The van der Waals surface area contributed by atoms with Crippen molar-refractivity contribution >= 4 is 22.8 Å². The minimum atomic E-state index is -0.653. The molecule has 0 saturated heterocycles. The predicted octanol–water partition coefficient (Wildman–Crippen LogP) is 1.51. The number of hydrogen-bond donors (Lipinski definition) is 1. The molecule has 0 atom stereocenters. The minimum Gasteiger partial charge on any atom is -0.508 e. The molecule has 2 aromatic rings. The molecule has 1 aromatic carbocycles. The number of hydrogen-bond acceptors (Lipinski definition) is 6. The van der Waals surface area contributed by atoms with Gasteiger partial charge >= 0.3 is 11.9 Å². The third kappa shape index (κ3) is 2.33. The SMILES string of the molecule is COC(=O)c1cc(C(=O)OC)c2cc(O)ccc2n1. The molecular weight excluding hydrogens is 250 g/mol. The van der Waals surface area contributed by atoms with Crippen molar-refractivity contribution in [3.05, 3.63) is 35.5 Å². The number of carbonyl (C=O) groups is 2. The van der Waals surface area contributed by atoms with Gasteiger partial charge in [0.2, 0.25) is 0 Å². The Bertz CT molecular complexity index is 665. The van der Waals surface area contributed by atoms with E-state index in [0.717, 1.165) is 0 Å². The van der Waals surface area contributed by atoms with Crippen molar-refractivity contribution in [1.82, 2.24) is 4.98 Å². The number of phenolic OH excluding ortho intramolecular Hbond substituents is 1. The molecule has 0 bridgehead atoms. The molecule has 0 amide bonds. The third-order valence-electron chi connectivity index (χ3n) is 2.59. The van der Waals surface area contributed by atoms with Crippen molar-refractivity contribution < 1.29 is 24.2 Å². The lowest BCUT2D eigenvalue weighted by Crippen LogP contribution is -2.09. The highest BCUT2D eigenvalue weighted by atomic mass is 16.5. The van der Waals surface area contributed by atoms with Crippen molar-refractivity contribution in [3.8, 4) is 5.75 Å². The largest absolute Gasteiger partial charge is 0.508 e. The molecule has 0 saturated carbocycles. The van der Waals surface area contributed by atoms with Crippen molar-refractivity contribution in [3.63, 3.8) is 0 Å². The monoisotopic (exact) mass is 261 g/mol. The van der Waals surface area contributed by atoms with Crippen LogP contribution in [0.1, 0.15) is 20.8 Å². The Labute approximate surface area is 108 Å². The number of phenols is 1. The van der Waals surface area contributed by atoms with E-state index in [1.54, 1.807) is 0 Å². The van der Waals surface area contributed by atoms with Gasteiger partial charge in [-0.15, -0.1) is 0 Å². The third-order valence-corrected chi connectivity index (χ3v) is 2.59. The first kappa shape index (κ1) is 12.8. The zero-order valence-electron chi connectivity index (χ0n) is 10.3.